The fourth-order valence-corrected chi connectivity index (χ4v) is 3.18. The predicted molar refractivity (Wildman–Crippen MR) is 93.2 cm³/mol. The average molecular weight is 389 g/mol. The lowest BCUT2D eigenvalue weighted by Gasteiger charge is -2.22. The minimum atomic E-state index is -3.70. The third-order valence-corrected chi connectivity index (χ3v) is 4.75. The number of sulfonamides is 1. The summed E-state index contributed by atoms with van der Waals surface area (Å²) in [5.74, 6) is -1.56. The lowest BCUT2D eigenvalue weighted by molar-refractivity contribution is -0.116. The van der Waals surface area contributed by atoms with Crippen molar-refractivity contribution in [3.63, 3.8) is 0 Å². The van der Waals surface area contributed by atoms with Gasteiger partial charge in [0.15, 0.2) is 0 Å². The van der Waals surface area contributed by atoms with Crippen molar-refractivity contribution >= 4 is 38.9 Å². The van der Waals surface area contributed by atoms with E-state index in [9.17, 15) is 22.0 Å². The zero-order chi connectivity index (χ0) is 18.6. The van der Waals surface area contributed by atoms with Gasteiger partial charge >= 0.3 is 0 Å². The van der Waals surface area contributed by atoms with Gasteiger partial charge in [-0.2, -0.15) is 0 Å². The Hall–Kier alpha value is -2.19. The molecule has 134 valence electrons. The lowest BCUT2D eigenvalue weighted by Crippen LogP contribution is -2.33. The molecule has 0 bridgehead atoms. The van der Waals surface area contributed by atoms with Gasteiger partial charge in [-0.25, -0.2) is 17.2 Å². The quantitative estimate of drug-likeness (QED) is 0.824. The maximum absolute atomic E-state index is 13.3. The third kappa shape index (κ3) is 5.40. The molecule has 5 nitrogen and oxygen atoms in total. The number of rotatable bonds is 6. The molecule has 9 heteroatoms. The van der Waals surface area contributed by atoms with Crippen molar-refractivity contribution in [1.82, 2.24) is 0 Å². The van der Waals surface area contributed by atoms with Gasteiger partial charge in [0.25, 0.3) is 0 Å². The van der Waals surface area contributed by atoms with Gasteiger partial charge in [-0.3, -0.25) is 9.10 Å². The van der Waals surface area contributed by atoms with Crippen LogP contribution in [0.2, 0.25) is 5.02 Å². The SMILES string of the molecule is CS(=O)(=O)N(CCC(=O)Nc1ccc(F)cc1)c1ccc(F)c(Cl)c1. The molecule has 0 unspecified atom stereocenters. The summed E-state index contributed by atoms with van der Waals surface area (Å²) in [6.45, 7) is -0.159. The average Bonchev–Trinajstić information content (AvgIpc) is 2.52. The molecule has 0 spiro atoms. The summed E-state index contributed by atoms with van der Waals surface area (Å²) in [6, 6.07) is 8.66. The highest BCUT2D eigenvalue weighted by molar-refractivity contribution is 7.92. The molecule has 2 aromatic carbocycles. The number of hydrogen-bond acceptors (Lipinski definition) is 3. The largest absolute Gasteiger partial charge is 0.326 e. The van der Waals surface area contributed by atoms with Crippen LogP contribution in [0.1, 0.15) is 6.42 Å². The number of anilines is 2. The van der Waals surface area contributed by atoms with Crippen molar-refractivity contribution in [2.24, 2.45) is 0 Å². The van der Waals surface area contributed by atoms with Crippen LogP contribution in [0.5, 0.6) is 0 Å². The molecule has 1 amide bonds. The van der Waals surface area contributed by atoms with Crippen molar-refractivity contribution in [3.05, 3.63) is 59.1 Å². The Labute approximate surface area is 149 Å². The summed E-state index contributed by atoms with van der Waals surface area (Å²) in [5.41, 5.74) is 0.547. The van der Waals surface area contributed by atoms with Crippen LogP contribution in [0.3, 0.4) is 0 Å². The molecule has 0 radical (unpaired) electrons. The topological polar surface area (TPSA) is 66.5 Å². The standard InChI is InChI=1S/C16H15ClF2N2O3S/c1-25(23,24)21(13-6-7-15(19)14(17)10-13)9-8-16(22)20-12-4-2-11(18)3-5-12/h2-7,10H,8-9H2,1H3,(H,20,22). The second-order valence-electron chi connectivity index (χ2n) is 5.24. The summed E-state index contributed by atoms with van der Waals surface area (Å²) >= 11 is 5.68. The van der Waals surface area contributed by atoms with E-state index in [1.54, 1.807) is 0 Å². The van der Waals surface area contributed by atoms with E-state index in [0.29, 0.717) is 5.69 Å². The van der Waals surface area contributed by atoms with Crippen molar-refractivity contribution in [2.75, 3.05) is 22.4 Å². The highest BCUT2D eigenvalue weighted by Gasteiger charge is 2.19. The van der Waals surface area contributed by atoms with Crippen LogP contribution in [0.4, 0.5) is 20.2 Å². The van der Waals surface area contributed by atoms with Gasteiger partial charge in [0, 0.05) is 18.7 Å². The molecule has 0 aliphatic carbocycles. The van der Waals surface area contributed by atoms with Crippen LogP contribution in [-0.4, -0.2) is 27.1 Å². The van der Waals surface area contributed by atoms with E-state index in [1.807, 2.05) is 0 Å². The minimum Gasteiger partial charge on any atom is -0.326 e. The summed E-state index contributed by atoms with van der Waals surface area (Å²) in [7, 11) is -3.70. The Bertz CT molecular complexity index is 873. The number of hydrogen-bond donors (Lipinski definition) is 1. The summed E-state index contributed by atoms with van der Waals surface area (Å²) < 4.78 is 51.0. The van der Waals surface area contributed by atoms with Gasteiger partial charge < -0.3 is 5.32 Å². The maximum atomic E-state index is 13.3. The first-order valence-electron chi connectivity index (χ1n) is 7.15. The van der Waals surface area contributed by atoms with E-state index in [0.717, 1.165) is 16.6 Å². The third-order valence-electron chi connectivity index (χ3n) is 3.26. The predicted octanol–water partition coefficient (Wildman–Crippen LogP) is 3.41. The molecule has 25 heavy (non-hydrogen) atoms. The van der Waals surface area contributed by atoms with Crippen molar-refractivity contribution in [3.8, 4) is 0 Å². The first-order chi connectivity index (χ1) is 11.7. The molecular formula is C16H15ClF2N2O3S. The first-order valence-corrected chi connectivity index (χ1v) is 9.37. The Balaban J connectivity index is 2.08. The normalized spacial score (nSPS) is 11.2. The van der Waals surface area contributed by atoms with E-state index in [1.165, 1.54) is 36.4 Å². The molecule has 0 saturated heterocycles. The number of carbonyl (C=O) groups is 1. The highest BCUT2D eigenvalue weighted by atomic mass is 35.5. The molecule has 0 saturated carbocycles. The van der Waals surface area contributed by atoms with E-state index in [4.69, 9.17) is 11.6 Å². The fraction of sp³-hybridized carbons (Fsp3) is 0.188. The smallest absolute Gasteiger partial charge is 0.232 e. The molecule has 0 atom stereocenters. The summed E-state index contributed by atoms with van der Waals surface area (Å²) in [4.78, 5) is 12.0. The van der Waals surface area contributed by atoms with E-state index < -0.39 is 27.6 Å². The molecule has 0 fully saturated rings. The van der Waals surface area contributed by atoms with Gasteiger partial charge in [0.2, 0.25) is 15.9 Å². The molecule has 0 heterocycles. The van der Waals surface area contributed by atoms with Crippen molar-refractivity contribution in [1.29, 1.82) is 0 Å². The Morgan fingerprint density at radius 2 is 1.80 bits per heavy atom. The van der Waals surface area contributed by atoms with Crippen LogP contribution in [0, 0.1) is 11.6 Å². The lowest BCUT2D eigenvalue weighted by atomic mass is 10.3. The first kappa shape index (κ1) is 19.1. The molecule has 2 rings (SSSR count). The number of nitrogens with one attached hydrogen (secondary N) is 1. The second kappa shape index (κ2) is 7.79. The Kier molecular flexibility index (Phi) is 5.97. The molecule has 0 aromatic heterocycles. The summed E-state index contributed by atoms with van der Waals surface area (Å²) in [6.07, 6.45) is 0.821. The zero-order valence-electron chi connectivity index (χ0n) is 13.2. The van der Waals surface area contributed by atoms with Crippen LogP contribution >= 0.6 is 11.6 Å². The number of carbonyl (C=O) groups excluding carboxylic acids is 1. The van der Waals surface area contributed by atoms with Crippen LogP contribution in [0.15, 0.2) is 42.5 Å². The van der Waals surface area contributed by atoms with Crippen molar-refractivity contribution in [2.45, 2.75) is 6.42 Å². The molecule has 0 aliphatic rings. The van der Waals surface area contributed by atoms with Crippen LogP contribution in [-0.2, 0) is 14.8 Å². The molecule has 2 aromatic rings. The maximum Gasteiger partial charge on any atom is 0.232 e. The second-order valence-corrected chi connectivity index (χ2v) is 7.55. The number of amides is 1. The van der Waals surface area contributed by atoms with Gasteiger partial charge in [-0.1, -0.05) is 11.6 Å². The molecular weight excluding hydrogens is 374 g/mol. The summed E-state index contributed by atoms with van der Waals surface area (Å²) in [5, 5.41) is 2.31. The molecule has 1 N–H and O–H groups in total. The molecule has 0 aliphatic heterocycles. The van der Waals surface area contributed by atoms with E-state index in [2.05, 4.69) is 5.32 Å². The minimum absolute atomic E-state index is 0.153. The number of halogens is 3. The Morgan fingerprint density at radius 1 is 1.16 bits per heavy atom. The number of nitrogens with zero attached hydrogens (tertiary/aromatic N) is 1. The van der Waals surface area contributed by atoms with Gasteiger partial charge in [-0.05, 0) is 42.5 Å². The van der Waals surface area contributed by atoms with Gasteiger partial charge in [-0.15, -0.1) is 0 Å². The van der Waals surface area contributed by atoms with E-state index >= 15 is 0 Å². The van der Waals surface area contributed by atoms with Crippen molar-refractivity contribution < 1.29 is 22.0 Å². The fourth-order valence-electron chi connectivity index (χ4n) is 2.09. The zero-order valence-corrected chi connectivity index (χ0v) is 14.7. The van der Waals surface area contributed by atoms with Gasteiger partial charge in [0.1, 0.15) is 11.6 Å². The Morgan fingerprint density at radius 3 is 2.36 bits per heavy atom. The van der Waals surface area contributed by atoms with Gasteiger partial charge in [0.05, 0.1) is 17.0 Å². The van der Waals surface area contributed by atoms with Crippen LogP contribution < -0.4 is 9.62 Å². The van der Waals surface area contributed by atoms with Crippen LogP contribution in [0.25, 0.3) is 0 Å². The highest BCUT2D eigenvalue weighted by Crippen LogP contribution is 2.24. The van der Waals surface area contributed by atoms with E-state index in [-0.39, 0.29) is 23.7 Å². The number of benzene rings is 2. The monoisotopic (exact) mass is 388 g/mol.